The fraction of sp³-hybridized carbons (Fsp3) is 0.692. The monoisotopic (exact) mass is 317 g/mol. The van der Waals surface area contributed by atoms with E-state index in [-0.39, 0.29) is 0 Å². The molecule has 0 bridgehead atoms. The van der Waals surface area contributed by atoms with Gasteiger partial charge in [-0.05, 0) is 59.6 Å². The first kappa shape index (κ1) is 13.5. The zero-order valence-corrected chi connectivity index (χ0v) is 12.6. The van der Waals surface area contributed by atoms with Gasteiger partial charge in [-0.2, -0.15) is 0 Å². The van der Waals surface area contributed by atoms with E-state index in [4.69, 9.17) is 0 Å². The molecule has 2 nitrogen and oxygen atoms in total. The highest BCUT2D eigenvalue weighted by molar-refractivity contribution is 9.10. The van der Waals surface area contributed by atoms with Crippen molar-refractivity contribution in [1.82, 2.24) is 5.32 Å². The summed E-state index contributed by atoms with van der Waals surface area (Å²) in [6.07, 6.45) is 4.80. The Kier molecular flexibility index (Phi) is 4.64. The van der Waals surface area contributed by atoms with Crippen molar-refractivity contribution in [2.24, 2.45) is 0 Å². The highest BCUT2D eigenvalue weighted by atomic mass is 79.9. The molecule has 1 fully saturated rings. The van der Waals surface area contributed by atoms with E-state index in [1.165, 1.54) is 4.88 Å². The predicted molar refractivity (Wildman–Crippen MR) is 76.6 cm³/mol. The van der Waals surface area contributed by atoms with Crippen molar-refractivity contribution < 1.29 is 5.11 Å². The summed E-state index contributed by atoms with van der Waals surface area (Å²) >= 11 is 5.27. The van der Waals surface area contributed by atoms with Gasteiger partial charge in [0, 0.05) is 21.8 Å². The third-order valence-electron chi connectivity index (χ3n) is 3.59. The fourth-order valence-electron chi connectivity index (χ4n) is 2.57. The average Bonchev–Trinajstić information content (AvgIpc) is 2.68. The molecular formula is C13H20BrNOS. The molecule has 1 aliphatic rings. The zero-order valence-electron chi connectivity index (χ0n) is 10.2. The Morgan fingerprint density at radius 3 is 2.76 bits per heavy atom. The second kappa shape index (κ2) is 5.83. The number of nitrogens with one attached hydrogen (secondary N) is 1. The minimum absolute atomic E-state index is 0.487. The van der Waals surface area contributed by atoms with Crippen LogP contribution in [0.1, 0.15) is 37.5 Å². The normalized spacial score (nSPS) is 29.5. The summed E-state index contributed by atoms with van der Waals surface area (Å²) < 4.78 is 1.14. The van der Waals surface area contributed by atoms with E-state index in [0.717, 1.165) is 43.1 Å². The summed E-state index contributed by atoms with van der Waals surface area (Å²) in [6.45, 7) is 3.17. The maximum atomic E-state index is 10.6. The maximum Gasteiger partial charge on any atom is 0.0697 e. The quantitative estimate of drug-likeness (QED) is 0.892. The molecule has 1 saturated carbocycles. The second-order valence-electron chi connectivity index (χ2n) is 4.92. The van der Waals surface area contributed by atoms with E-state index >= 15 is 0 Å². The SMILES string of the molecule is CCNC1CCC(O)(Cc2sccc2Br)CC1. The molecule has 0 saturated heterocycles. The van der Waals surface area contributed by atoms with Gasteiger partial charge >= 0.3 is 0 Å². The van der Waals surface area contributed by atoms with E-state index in [1.54, 1.807) is 11.3 Å². The summed E-state index contributed by atoms with van der Waals surface area (Å²) in [5.74, 6) is 0. The van der Waals surface area contributed by atoms with Crippen LogP contribution in [0.3, 0.4) is 0 Å². The van der Waals surface area contributed by atoms with Gasteiger partial charge in [-0.15, -0.1) is 11.3 Å². The molecule has 2 rings (SSSR count). The van der Waals surface area contributed by atoms with Gasteiger partial charge < -0.3 is 10.4 Å². The molecule has 1 aliphatic carbocycles. The number of hydrogen-bond acceptors (Lipinski definition) is 3. The molecule has 1 heterocycles. The van der Waals surface area contributed by atoms with Gasteiger partial charge in [0.25, 0.3) is 0 Å². The molecule has 0 atom stereocenters. The van der Waals surface area contributed by atoms with Gasteiger partial charge in [0.15, 0.2) is 0 Å². The van der Waals surface area contributed by atoms with Crippen LogP contribution >= 0.6 is 27.3 Å². The minimum atomic E-state index is -0.487. The molecular weight excluding hydrogens is 298 g/mol. The van der Waals surface area contributed by atoms with Crippen molar-refractivity contribution in [2.75, 3.05) is 6.54 Å². The van der Waals surface area contributed by atoms with Crippen LogP contribution in [0.15, 0.2) is 15.9 Å². The summed E-state index contributed by atoms with van der Waals surface area (Å²) in [7, 11) is 0. The minimum Gasteiger partial charge on any atom is -0.390 e. The lowest BCUT2D eigenvalue weighted by atomic mass is 9.80. The van der Waals surface area contributed by atoms with E-state index < -0.39 is 5.60 Å². The Labute approximate surface area is 116 Å². The first-order valence-corrected chi connectivity index (χ1v) is 7.98. The number of hydrogen-bond donors (Lipinski definition) is 2. The topological polar surface area (TPSA) is 32.3 Å². The van der Waals surface area contributed by atoms with Crippen molar-refractivity contribution in [3.05, 3.63) is 20.8 Å². The Morgan fingerprint density at radius 2 is 2.24 bits per heavy atom. The number of aliphatic hydroxyl groups is 1. The Morgan fingerprint density at radius 1 is 1.53 bits per heavy atom. The third-order valence-corrected chi connectivity index (χ3v) is 5.52. The van der Waals surface area contributed by atoms with Crippen molar-refractivity contribution >= 4 is 27.3 Å². The Balaban J connectivity index is 1.91. The van der Waals surface area contributed by atoms with Gasteiger partial charge in [-0.3, -0.25) is 0 Å². The van der Waals surface area contributed by atoms with Gasteiger partial charge in [-0.1, -0.05) is 6.92 Å². The summed E-state index contributed by atoms with van der Waals surface area (Å²) in [6, 6.07) is 2.67. The van der Waals surface area contributed by atoms with Crippen molar-refractivity contribution in [3.8, 4) is 0 Å². The summed E-state index contributed by atoms with van der Waals surface area (Å²) in [5.41, 5.74) is -0.487. The molecule has 0 unspecified atom stereocenters. The van der Waals surface area contributed by atoms with Crippen molar-refractivity contribution in [3.63, 3.8) is 0 Å². The summed E-state index contributed by atoms with van der Waals surface area (Å²) in [5, 5.41) is 16.2. The Hall–Kier alpha value is 0.100. The molecule has 4 heteroatoms. The Bertz CT molecular complexity index is 358. The molecule has 2 N–H and O–H groups in total. The molecule has 0 amide bonds. The van der Waals surface area contributed by atoms with Gasteiger partial charge in [0.05, 0.1) is 5.60 Å². The van der Waals surface area contributed by atoms with E-state index in [2.05, 4.69) is 39.6 Å². The van der Waals surface area contributed by atoms with Crippen LogP contribution in [-0.4, -0.2) is 23.3 Å². The van der Waals surface area contributed by atoms with E-state index in [1.807, 2.05) is 0 Å². The van der Waals surface area contributed by atoms with E-state index in [9.17, 15) is 5.11 Å². The van der Waals surface area contributed by atoms with Crippen LogP contribution in [0.2, 0.25) is 0 Å². The molecule has 0 radical (unpaired) electrons. The predicted octanol–water partition coefficient (Wildman–Crippen LogP) is 3.34. The molecule has 1 aromatic rings. The van der Waals surface area contributed by atoms with Crippen LogP contribution in [0.25, 0.3) is 0 Å². The van der Waals surface area contributed by atoms with Crippen LogP contribution in [-0.2, 0) is 6.42 Å². The number of halogens is 1. The molecule has 96 valence electrons. The second-order valence-corrected chi connectivity index (χ2v) is 6.78. The fourth-order valence-corrected chi connectivity index (χ4v) is 4.20. The lowest BCUT2D eigenvalue weighted by molar-refractivity contribution is -0.00239. The third kappa shape index (κ3) is 3.53. The molecule has 0 aliphatic heterocycles. The lowest BCUT2D eigenvalue weighted by Crippen LogP contribution is -2.42. The van der Waals surface area contributed by atoms with Gasteiger partial charge in [-0.25, -0.2) is 0 Å². The summed E-state index contributed by atoms with van der Waals surface area (Å²) in [4.78, 5) is 1.27. The molecule has 0 aromatic carbocycles. The lowest BCUT2D eigenvalue weighted by Gasteiger charge is -2.36. The molecule has 0 spiro atoms. The number of thiophene rings is 1. The standard InChI is InChI=1S/C13H20BrNOS/c1-2-15-10-3-6-13(16,7-4-10)9-12-11(14)5-8-17-12/h5,8,10,15-16H,2-4,6-7,9H2,1H3. The van der Waals surface area contributed by atoms with Gasteiger partial charge in [0.1, 0.15) is 0 Å². The molecule has 1 aromatic heterocycles. The van der Waals surface area contributed by atoms with Crippen LogP contribution in [0, 0.1) is 0 Å². The molecule has 17 heavy (non-hydrogen) atoms. The zero-order chi connectivity index (χ0) is 12.3. The van der Waals surface area contributed by atoms with Crippen LogP contribution < -0.4 is 5.32 Å². The largest absolute Gasteiger partial charge is 0.390 e. The number of rotatable bonds is 4. The first-order chi connectivity index (χ1) is 8.13. The van der Waals surface area contributed by atoms with Gasteiger partial charge in [0.2, 0.25) is 0 Å². The highest BCUT2D eigenvalue weighted by Crippen LogP contribution is 2.35. The average molecular weight is 318 g/mol. The highest BCUT2D eigenvalue weighted by Gasteiger charge is 2.33. The van der Waals surface area contributed by atoms with Crippen molar-refractivity contribution in [2.45, 2.75) is 50.7 Å². The van der Waals surface area contributed by atoms with Crippen LogP contribution in [0.5, 0.6) is 0 Å². The maximum absolute atomic E-state index is 10.6. The van der Waals surface area contributed by atoms with Crippen LogP contribution in [0.4, 0.5) is 0 Å². The van der Waals surface area contributed by atoms with Crippen molar-refractivity contribution in [1.29, 1.82) is 0 Å². The smallest absolute Gasteiger partial charge is 0.0697 e. The first-order valence-electron chi connectivity index (χ1n) is 6.30. The van der Waals surface area contributed by atoms with E-state index in [0.29, 0.717) is 6.04 Å².